The second-order valence-corrected chi connectivity index (χ2v) is 4.11. The summed E-state index contributed by atoms with van der Waals surface area (Å²) in [7, 11) is 0. The minimum Gasteiger partial charge on any atom is -0.325 e. The Kier molecular flexibility index (Phi) is 4.26. The second kappa shape index (κ2) is 5.27. The van der Waals surface area contributed by atoms with Crippen LogP contribution >= 0.6 is 25.3 Å². The van der Waals surface area contributed by atoms with Gasteiger partial charge >= 0.3 is 0 Å². The molecule has 0 heterocycles. The molecule has 0 saturated carbocycles. The predicted octanol–water partition coefficient (Wildman–Crippen LogP) is 2.18. The van der Waals surface area contributed by atoms with Crippen LogP contribution in [0.1, 0.15) is 13.8 Å². The number of thiol groups is 2. The van der Waals surface area contributed by atoms with Crippen molar-refractivity contribution in [2.45, 2.75) is 23.6 Å². The lowest BCUT2D eigenvalue weighted by molar-refractivity contribution is -0.115. The SMILES string of the molecule is CC(=O)Nc1ccc(NC(C)=O)c(S)c1S. The molecule has 2 amide bonds. The van der Waals surface area contributed by atoms with Crippen LogP contribution in [0, 0.1) is 0 Å². The maximum Gasteiger partial charge on any atom is 0.221 e. The van der Waals surface area contributed by atoms with E-state index in [1.807, 2.05) is 0 Å². The molecule has 0 radical (unpaired) electrons. The summed E-state index contributed by atoms with van der Waals surface area (Å²) in [6.07, 6.45) is 0. The van der Waals surface area contributed by atoms with Crippen LogP contribution in [-0.2, 0) is 9.59 Å². The molecular formula is C10H12N2O2S2. The zero-order chi connectivity index (χ0) is 12.3. The van der Waals surface area contributed by atoms with Gasteiger partial charge in [-0.3, -0.25) is 9.59 Å². The minimum atomic E-state index is -0.185. The van der Waals surface area contributed by atoms with E-state index in [1.54, 1.807) is 12.1 Å². The Balaban J connectivity index is 3.07. The molecule has 1 rings (SSSR count). The van der Waals surface area contributed by atoms with E-state index in [-0.39, 0.29) is 11.8 Å². The third kappa shape index (κ3) is 3.18. The minimum absolute atomic E-state index is 0.185. The van der Waals surface area contributed by atoms with Crippen LogP contribution in [0.3, 0.4) is 0 Å². The van der Waals surface area contributed by atoms with Gasteiger partial charge in [0.05, 0.1) is 11.4 Å². The summed E-state index contributed by atoms with van der Waals surface area (Å²) in [5.41, 5.74) is 1.13. The van der Waals surface area contributed by atoms with Gasteiger partial charge in [0.25, 0.3) is 0 Å². The molecule has 0 aliphatic heterocycles. The fourth-order valence-corrected chi connectivity index (χ4v) is 1.66. The molecule has 1 aromatic rings. The van der Waals surface area contributed by atoms with Crippen molar-refractivity contribution in [2.75, 3.05) is 10.6 Å². The maximum absolute atomic E-state index is 10.9. The van der Waals surface area contributed by atoms with Crippen LogP contribution in [0.4, 0.5) is 11.4 Å². The zero-order valence-electron chi connectivity index (χ0n) is 8.87. The van der Waals surface area contributed by atoms with Gasteiger partial charge in [0.15, 0.2) is 0 Å². The molecule has 1 aromatic carbocycles. The molecule has 0 atom stereocenters. The van der Waals surface area contributed by atoms with E-state index >= 15 is 0 Å². The molecule has 0 fully saturated rings. The van der Waals surface area contributed by atoms with E-state index in [2.05, 4.69) is 35.9 Å². The first-order chi connectivity index (χ1) is 7.41. The number of benzene rings is 1. The van der Waals surface area contributed by atoms with Gasteiger partial charge < -0.3 is 10.6 Å². The summed E-state index contributed by atoms with van der Waals surface area (Å²) < 4.78 is 0. The Bertz CT molecular complexity index is 406. The van der Waals surface area contributed by atoms with E-state index in [0.29, 0.717) is 21.2 Å². The number of amides is 2. The molecular weight excluding hydrogens is 244 g/mol. The summed E-state index contributed by atoms with van der Waals surface area (Å²) in [4.78, 5) is 22.8. The van der Waals surface area contributed by atoms with E-state index in [4.69, 9.17) is 0 Å². The van der Waals surface area contributed by atoms with Crippen molar-refractivity contribution in [2.24, 2.45) is 0 Å². The molecule has 4 nitrogen and oxygen atoms in total. The van der Waals surface area contributed by atoms with Gasteiger partial charge in [-0.05, 0) is 12.1 Å². The van der Waals surface area contributed by atoms with Crippen LogP contribution < -0.4 is 10.6 Å². The molecule has 0 aliphatic rings. The molecule has 2 N–H and O–H groups in total. The Hall–Kier alpha value is -1.14. The Morgan fingerprint density at radius 1 is 0.938 bits per heavy atom. The maximum atomic E-state index is 10.9. The first-order valence-electron chi connectivity index (χ1n) is 4.52. The van der Waals surface area contributed by atoms with Crippen molar-refractivity contribution >= 4 is 48.4 Å². The third-order valence-corrected chi connectivity index (χ3v) is 2.88. The van der Waals surface area contributed by atoms with Crippen LogP contribution in [0.25, 0.3) is 0 Å². The first-order valence-corrected chi connectivity index (χ1v) is 5.41. The van der Waals surface area contributed by atoms with Crippen molar-refractivity contribution in [1.82, 2.24) is 0 Å². The molecule has 0 saturated heterocycles. The van der Waals surface area contributed by atoms with Gasteiger partial charge in [-0.1, -0.05) is 0 Å². The summed E-state index contributed by atoms with van der Waals surface area (Å²) in [6.45, 7) is 2.82. The topological polar surface area (TPSA) is 58.2 Å². The zero-order valence-corrected chi connectivity index (χ0v) is 10.7. The molecule has 0 aromatic heterocycles. The van der Waals surface area contributed by atoms with Crippen LogP contribution in [0.15, 0.2) is 21.9 Å². The molecule has 0 bridgehead atoms. The highest BCUT2D eigenvalue weighted by molar-refractivity contribution is 7.83. The van der Waals surface area contributed by atoms with Crippen LogP contribution in [-0.4, -0.2) is 11.8 Å². The van der Waals surface area contributed by atoms with E-state index in [1.165, 1.54) is 13.8 Å². The van der Waals surface area contributed by atoms with Crippen molar-refractivity contribution < 1.29 is 9.59 Å². The number of anilines is 2. The molecule has 16 heavy (non-hydrogen) atoms. The normalized spacial score (nSPS) is 9.75. The van der Waals surface area contributed by atoms with Gasteiger partial charge in [0.1, 0.15) is 0 Å². The largest absolute Gasteiger partial charge is 0.325 e. The average molecular weight is 256 g/mol. The fraction of sp³-hybridized carbons (Fsp3) is 0.200. The number of carbonyl (C=O) groups excluding carboxylic acids is 2. The summed E-state index contributed by atoms with van der Waals surface area (Å²) in [5, 5.41) is 5.24. The number of carbonyl (C=O) groups is 2. The van der Waals surface area contributed by atoms with E-state index in [9.17, 15) is 9.59 Å². The fourth-order valence-electron chi connectivity index (χ4n) is 1.16. The van der Waals surface area contributed by atoms with Gasteiger partial charge in [0.2, 0.25) is 11.8 Å². The monoisotopic (exact) mass is 256 g/mol. The average Bonchev–Trinajstić information content (AvgIpc) is 2.16. The Labute approximate surface area is 105 Å². The van der Waals surface area contributed by atoms with Crippen molar-refractivity contribution in [3.63, 3.8) is 0 Å². The highest BCUT2D eigenvalue weighted by Crippen LogP contribution is 2.33. The molecule has 6 heteroatoms. The molecule has 0 spiro atoms. The smallest absolute Gasteiger partial charge is 0.221 e. The Morgan fingerprint density at radius 2 is 1.25 bits per heavy atom. The lowest BCUT2D eigenvalue weighted by Gasteiger charge is -2.12. The van der Waals surface area contributed by atoms with Gasteiger partial charge in [-0.15, -0.1) is 25.3 Å². The number of nitrogens with one attached hydrogen (secondary N) is 2. The van der Waals surface area contributed by atoms with E-state index in [0.717, 1.165) is 0 Å². The second-order valence-electron chi connectivity index (χ2n) is 3.22. The number of hydrogen-bond acceptors (Lipinski definition) is 4. The molecule has 0 aliphatic carbocycles. The summed E-state index contributed by atoms with van der Waals surface area (Å²) in [5.74, 6) is -0.370. The van der Waals surface area contributed by atoms with Crippen LogP contribution in [0.2, 0.25) is 0 Å². The quantitative estimate of drug-likeness (QED) is 0.613. The first kappa shape index (κ1) is 12.9. The highest BCUT2D eigenvalue weighted by Gasteiger charge is 2.09. The number of rotatable bonds is 2. The van der Waals surface area contributed by atoms with Crippen molar-refractivity contribution in [3.8, 4) is 0 Å². The number of hydrogen-bond donors (Lipinski definition) is 4. The van der Waals surface area contributed by atoms with Crippen molar-refractivity contribution in [3.05, 3.63) is 12.1 Å². The molecule has 0 unspecified atom stereocenters. The van der Waals surface area contributed by atoms with E-state index < -0.39 is 0 Å². The van der Waals surface area contributed by atoms with Crippen LogP contribution in [0.5, 0.6) is 0 Å². The molecule has 86 valence electrons. The Morgan fingerprint density at radius 3 is 1.50 bits per heavy atom. The third-order valence-electron chi connectivity index (χ3n) is 1.77. The van der Waals surface area contributed by atoms with Gasteiger partial charge in [-0.25, -0.2) is 0 Å². The van der Waals surface area contributed by atoms with Gasteiger partial charge in [-0.2, -0.15) is 0 Å². The van der Waals surface area contributed by atoms with Gasteiger partial charge in [0, 0.05) is 23.6 Å². The summed E-state index contributed by atoms with van der Waals surface area (Å²) >= 11 is 8.47. The predicted molar refractivity (Wildman–Crippen MR) is 69.6 cm³/mol. The summed E-state index contributed by atoms with van der Waals surface area (Å²) in [6, 6.07) is 3.32. The highest BCUT2D eigenvalue weighted by atomic mass is 32.1. The lowest BCUT2D eigenvalue weighted by atomic mass is 10.2. The standard InChI is InChI=1S/C10H12N2O2S2/c1-5(13)11-7-3-4-8(12-6(2)14)10(16)9(7)15/h3-4,15-16H,1-2H3,(H,11,13)(H,12,14). The van der Waals surface area contributed by atoms with Crippen molar-refractivity contribution in [1.29, 1.82) is 0 Å². The lowest BCUT2D eigenvalue weighted by Crippen LogP contribution is -2.09.